The number of rotatable bonds is 13. The van der Waals surface area contributed by atoms with Gasteiger partial charge in [0.15, 0.2) is 0 Å². The third-order valence-corrected chi connectivity index (χ3v) is 7.65. The van der Waals surface area contributed by atoms with E-state index in [0.29, 0.717) is 41.3 Å². The van der Waals surface area contributed by atoms with Gasteiger partial charge in [-0.2, -0.15) is 0 Å². The Labute approximate surface area is 273 Å². The van der Waals surface area contributed by atoms with E-state index in [2.05, 4.69) is 27.0 Å². The summed E-state index contributed by atoms with van der Waals surface area (Å²) in [7, 11) is 3.45. The van der Waals surface area contributed by atoms with Gasteiger partial charge in [0.2, 0.25) is 0 Å². The van der Waals surface area contributed by atoms with Crippen molar-refractivity contribution in [2.75, 3.05) is 17.2 Å². The number of amides is 3. The van der Waals surface area contributed by atoms with Crippen LogP contribution in [-0.2, 0) is 14.1 Å². The average Bonchev–Trinajstić information content (AvgIpc) is 3.62. The summed E-state index contributed by atoms with van der Waals surface area (Å²) in [6, 6.07) is 20.5. The predicted molar refractivity (Wildman–Crippen MR) is 187 cm³/mol. The monoisotopic (exact) mass is 630 g/mol. The Bertz CT molecular complexity index is 1950. The minimum atomic E-state index is -0.381. The summed E-state index contributed by atoms with van der Waals surface area (Å²) >= 11 is 0. The first-order chi connectivity index (χ1) is 22.7. The lowest BCUT2D eigenvalue weighted by Crippen LogP contribution is -2.26. The second-order valence-electron chi connectivity index (χ2n) is 11.4. The number of nitrogens with two attached hydrogens (primary N) is 1. The van der Waals surface area contributed by atoms with Crippen LogP contribution in [0.5, 0.6) is 0 Å². The van der Waals surface area contributed by atoms with Gasteiger partial charge in [0.05, 0.1) is 22.7 Å². The number of aromatic nitrogens is 3. The van der Waals surface area contributed by atoms with Crippen molar-refractivity contribution in [3.63, 3.8) is 0 Å². The van der Waals surface area contributed by atoms with Crippen molar-refractivity contribution < 1.29 is 14.4 Å². The number of nitrogens with one attached hydrogen (secondary N) is 4. The number of carbonyl (C=O) groups excluding carboxylic acids is 3. The molecule has 0 atom stereocenters. The number of aryl methyl sites for hydroxylation is 2. The summed E-state index contributed by atoms with van der Waals surface area (Å²) in [6.07, 6.45) is 12.1. The van der Waals surface area contributed by atoms with E-state index in [1.807, 2.05) is 54.7 Å². The van der Waals surface area contributed by atoms with E-state index in [4.69, 9.17) is 11.1 Å². The first kappa shape index (κ1) is 32.4. The molecule has 240 valence electrons. The largest absolute Gasteiger partial charge is 0.388 e. The Morgan fingerprint density at radius 1 is 0.787 bits per heavy atom. The van der Waals surface area contributed by atoms with Crippen LogP contribution in [0.15, 0.2) is 85.3 Å². The van der Waals surface area contributed by atoms with Crippen LogP contribution in [0, 0.1) is 5.41 Å². The van der Waals surface area contributed by atoms with Crippen molar-refractivity contribution >= 4 is 58.0 Å². The van der Waals surface area contributed by atoms with Gasteiger partial charge in [-0.25, -0.2) is 0 Å². The summed E-state index contributed by atoms with van der Waals surface area (Å²) in [5, 5.41) is 16.9. The molecule has 0 saturated carbocycles. The van der Waals surface area contributed by atoms with Crippen LogP contribution < -0.4 is 21.7 Å². The maximum Gasteiger partial charge on any atom is 0.272 e. The maximum atomic E-state index is 13.1. The molecule has 3 amide bonds. The highest BCUT2D eigenvalue weighted by molar-refractivity contribution is 6.07. The van der Waals surface area contributed by atoms with E-state index in [-0.39, 0.29) is 23.6 Å². The zero-order valence-electron chi connectivity index (χ0n) is 26.4. The molecule has 5 aromatic rings. The fourth-order valence-corrected chi connectivity index (χ4v) is 5.14. The van der Waals surface area contributed by atoms with Crippen LogP contribution in [0.25, 0.3) is 23.1 Å². The molecule has 3 heterocycles. The number of hydrogen-bond donors (Lipinski definition) is 5. The van der Waals surface area contributed by atoms with Gasteiger partial charge < -0.3 is 30.8 Å². The molecule has 0 fully saturated rings. The number of carbonyl (C=O) groups is 3. The second-order valence-corrected chi connectivity index (χ2v) is 11.4. The zero-order chi connectivity index (χ0) is 33.3. The van der Waals surface area contributed by atoms with Gasteiger partial charge in [-0.1, -0.05) is 48.9 Å². The van der Waals surface area contributed by atoms with E-state index in [9.17, 15) is 14.4 Å². The molecule has 0 unspecified atom stereocenters. The summed E-state index contributed by atoms with van der Waals surface area (Å²) in [4.78, 5) is 43.2. The van der Waals surface area contributed by atoms with Crippen molar-refractivity contribution in [3.05, 3.63) is 113 Å². The average molecular weight is 631 g/mol. The quantitative estimate of drug-likeness (QED) is 0.0629. The van der Waals surface area contributed by atoms with Crippen molar-refractivity contribution in [1.82, 2.24) is 19.4 Å². The third kappa shape index (κ3) is 8.60. The van der Waals surface area contributed by atoms with Crippen molar-refractivity contribution in [2.45, 2.75) is 25.7 Å². The number of unbranched alkanes of at least 4 members (excludes halogenated alkanes) is 2. The Morgan fingerprint density at radius 3 is 2.13 bits per heavy atom. The van der Waals surface area contributed by atoms with Crippen LogP contribution in [0.3, 0.4) is 0 Å². The molecular weight excluding hydrogens is 592 g/mol. The van der Waals surface area contributed by atoms with Gasteiger partial charge >= 0.3 is 0 Å². The summed E-state index contributed by atoms with van der Waals surface area (Å²) in [5.41, 5.74) is 10.4. The fourth-order valence-electron chi connectivity index (χ4n) is 5.14. The molecule has 0 aliphatic rings. The molecule has 11 heteroatoms. The van der Waals surface area contributed by atoms with Crippen molar-refractivity contribution in [1.29, 1.82) is 5.41 Å². The molecule has 5 rings (SSSR count). The number of hydrogen-bond acceptors (Lipinski definition) is 5. The van der Waals surface area contributed by atoms with Gasteiger partial charge in [-0.3, -0.25) is 24.8 Å². The Hall–Kier alpha value is -5.97. The Morgan fingerprint density at radius 2 is 1.43 bits per heavy atom. The predicted octanol–water partition coefficient (Wildman–Crippen LogP) is 5.81. The normalized spacial score (nSPS) is 11.1. The molecule has 0 spiro atoms. The number of pyridine rings is 1. The smallest absolute Gasteiger partial charge is 0.272 e. The van der Waals surface area contributed by atoms with Gasteiger partial charge in [0.25, 0.3) is 17.7 Å². The SMILES string of the molecule is Cn1cc(NC(=O)c2cc(NC(=O)c3ccc(/C=C/c4cnc5ccccc5c4)cc3)cn2C)cc1C(=O)NCCCCCC(=N)N. The molecule has 2 aromatic carbocycles. The number of fused-ring (bicyclic) bond motifs is 1. The molecule has 0 aliphatic heterocycles. The first-order valence-corrected chi connectivity index (χ1v) is 15.4. The fraction of sp³-hybridized carbons (Fsp3) is 0.194. The molecule has 0 saturated heterocycles. The van der Waals surface area contributed by atoms with E-state index in [1.165, 1.54) is 0 Å². The lowest BCUT2D eigenvalue weighted by molar-refractivity contribution is 0.0943. The molecule has 11 nitrogen and oxygen atoms in total. The summed E-state index contributed by atoms with van der Waals surface area (Å²) in [6.45, 7) is 0.507. The number of anilines is 2. The first-order valence-electron chi connectivity index (χ1n) is 15.4. The summed E-state index contributed by atoms with van der Waals surface area (Å²) < 4.78 is 3.28. The van der Waals surface area contributed by atoms with E-state index in [0.717, 1.165) is 41.3 Å². The van der Waals surface area contributed by atoms with E-state index < -0.39 is 0 Å². The Balaban J connectivity index is 1.14. The number of para-hydroxylation sites is 1. The number of nitrogens with zero attached hydrogens (tertiary/aromatic N) is 3. The highest BCUT2D eigenvalue weighted by Gasteiger charge is 2.17. The minimum Gasteiger partial charge on any atom is -0.388 e. The molecule has 47 heavy (non-hydrogen) atoms. The van der Waals surface area contributed by atoms with E-state index >= 15 is 0 Å². The Kier molecular flexibility index (Phi) is 10.3. The van der Waals surface area contributed by atoms with E-state index in [1.54, 1.807) is 59.9 Å². The minimum absolute atomic E-state index is 0.172. The third-order valence-electron chi connectivity index (χ3n) is 7.65. The van der Waals surface area contributed by atoms with Gasteiger partial charge in [-0.05, 0) is 60.4 Å². The van der Waals surface area contributed by atoms with Crippen molar-refractivity contribution in [3.8, 4) is 0 Å². The second kappa shape index (κ2) is 14.9. The van der Waals surface area contributed by atoms with Gasteiger partial charge in [0.1, 0.15) is 11.4 Å². The number of amidine groups is 1. The standard InChI is InChI=1S/C36H38N8O3/c1-43-23-29(19-31(43)35(46)39-17-7-3-4-10-33(37)38)42-36(47)32-20-28(22-44(32)2)41-34(45)26-15-13-24(14-16-26)11-12-25-18-27-8-5-6-9-30(27)40-21-25/h5-6,8-9,11-16,18-23H,3-4,7,10,17H2,1-2H3,(H3,37,38)(H,39,46)(H,41,45)(H,42,47)/b12-11+. The topological polar surface area (TPSA) is 160 Å². The lowest BCUT2D eigenvalue weighted by Gasteiger charge is -2.05. The van der Waals surface area contributed by atoms with Crippen LogP contribution in [-0.4, -0.2) is 44.2 Å². The zero-order valence-corrected chi connectivity index (χ0v) is 26.4. The van der Waals surface area contributed by atoms with Gasteiger partial charge in [-0.15, -0.1) is 0 Å². The summed E-state index contributed by atoms with van der Waals surface area (Å²) in [5.74, 6) is -0.747. The maximum absolute atomic E-state index is 13.1. The molecule has 6 N–H and O–H groups in total. The number of benzene rings is 2. The van der Waals surface area contributed by atoms with Crippen molar-refractivity contribution in [2.24, 2.45) is 19.8 Å². The van der Waals surface area contributed by atoms with Crippen LogP contribution in [0.2, 0.25) is 0 Å². The lowest BCUT2D eigenvalue weighted by atomic mass is 10.1. The molecule has 3 aromatic heterocycles. The molecule has 0 aliphatic carbocycles. The van der Waals surface area contributed by atoms with Crippen LogP contribution in [0.1, 0.15) is 68.1 Å². The highest BCUT2D eigenvalue weighted by atomic mass is 16.2. The molecule has 0 radical (unpaired) electrons. The molecule has 0 bridgehead atoms. The van der Waals surface area contributed by atoms with Crippen LogP contribution in [0.4, 0.5) is 11.4 Å². The molecular formula is C36H38N8O3. The van der Waals surface area contributed by atoms with Crippen LogP contribution >= 0.6 is 0 Å². The highest BCUT2D eigenvalue weighted by Crippen LogP contribution is 2.19. The van der Waals surface area contributed by atoms with Gasteiger partial charge in [0, 0.05) is 56.6 Å².